The molecule has 1 fully saturated rings. The summed E-state index contributed by atoms with van der Waals surface area (Å²) in [5.41, 5.74) is 1.60. The fourth-order valence-corrected chi connectivity index (χ4v) is 4.65. The predicted molar refractivity (Wildman–Crippen MR) is 116 cm³/mol. The van der Waals surface area contributed by atoms with Crippen molar-refractivity contribution in [2.45, 2.75) is 24.3 Å². The number of hydrogen-bond acceptors (Lipinski definition) is 5. The predicted octanol–water partition coefficient (Wildman–Crippen LogP) is 3.44. The molecular formula is C23H26N2O4S. The Morgan fingerprint density at radius 3 is 2.57 bits per heavy atom. The molecule has 0 N–H and O–H groups in total. The van der Waals surface area contributed by atoms with Crippen LogP contribution >= 0.6 is 11.8 Å². The monoisotopic (exact) mass is 426 g/mol. The van der Waals surface area contributed by atoms with E-state index in [1.54, 1.807) is 11.9 Å². The van der Waals surface area contributed by atoms with E-state index in [1.807, 2.05) is 47.4 Å². The van der Waals surface area contributed by atoms with Crippen LogP contribution < -0.4 is 9.47 Å². The van der Waals surface area contributed by atoms with Crippen LogP contribution in [0, 0.1) is 0 Å². The van der Waals surface area contributed by atoms with Gasteiger partial charge in [0, 0.05) is 31.6 Å². The molecule has 0 atom stereocenters. The summed E-state index contributed by atoms with van der Waals surface area (Å²) < 4.78 is 11.2. The molecule has 2 heterocycles. The molecule has 0 unspecified atom stereocenters. The van der Waals surface area contributed by atoms with Gasteiger partial charge in [0.1, 0.15) is 13.2 Å². The van der Waals surface area contributed by atoms with Crippen LogP contribution in [0.3, 0.4) is 0 Å². The summed E-state index contributed by atoms with van der Waals surface area (Å²) in [7, 11) is 1.79. The highest BCUT2D eigenvalue weighted by molar-refractivity contribution is 8.00. The number of carbonyl (C=O) groups excluding carboxylic acids is 2. The third-order valence-corrected chi connectivity index (χ3v) is 6.36. The largest absolute Gasteiger partial charge is 0.486 e. The number of benzene rings is 2. The summed E-state index contributed by atoms with van der Waals surface area (Å²) in [5.74, 6) is 1.89. The molecule has 1 saturated heterocycles. The van der Waals surface area contributed by atoms with Crippen molar-refractivity contribution in [1.82, 2.24) is 9.80 Å². The number of ether oxygens (including phenoxy) is 2. The Morgan fingerprint density at radius 1 is 1.03 bits per heavy atom. The number of thioether (sulfide) groups is 1. The van der Waals surface area contributed by atoms with Crippen LogP contribution in [0.4, 0.5) is 0 Å². The van der Waals surface area contributed by atoms with E-state index in [1.165, 1.54) is 11.8 Å². The van der Waals surface area contributed by atoms with Crippen molar-refractivity contribution in [3.05, 3.63) is 53.6 Å². The van der Waals surface area contributed by atoms with Gasteiger partial charge in [-0.25, -0.2) is 0 Å². The van der Waals surface area contributed by atoms with Crippen LogP contribution in [0.25, 0.3) is 0 Å². The van der Waals surface area contributed by atoms with E-state index in [9.17, 15) is 9.59 Å². The Bertz CT molecular complexity index is 927. The van der Waals surface area contributed by atoms with Crippen LogP contribution in [-0.2, 0) is 11.3 Å². The molecule has 2 aliphatic rings. The maximum atomic E-state index is 13.1. The second-order valence-electron chi connectivity index (χ2n) is 7.51. The molecule has 4 rings (SSSR count). The average Bonchev–Trinajstić information content (AvgIpc) is 3.32. The zero-order chi connectivity index (χ0) is 20.9. The van der Waals surface area contributed by atoms with Crippen LogP contribution in [0.2, 0.25) is 0 Å². The van der Waals surface area contributed by atoms with Gasteiger partial charge in [-0.2, -0.15) is 0 Å². The van der Waals surface area contributed by atoms with Gasteiger partial charge >= 0.3 is 0 Å². The maximum Gasteiger partial charge on any atom is 0.255 e. The average molecular weight is 427 g/mol. The number of fused-ring (bicyclic) bond motifs is 1. The van der Waals surface area contributed by atoms with Crippen LogP contribution in [-0.4, -0.2) is 60.7 Å². The quantitative estimate of drug-likeness (QED) is 0.663. The molecule has 2 aromatic carbocycles. The van der Waals surface area contributed by atoms with Gasteiger partial charge in [0.25, 0.3) is 5.91 Å². The Balaban J connectivity index is 1.41. The highest BCUT2D eigenvalue weighted by Crippen LogP contribution is 2.31. The zero-order valence-electron chi connectivity index (χ0n) is 17.1. The van der Waals surface area contributed by atoms with Crippen LogP contribution in [0.15, 0.2) is 47.4 Å². The molecule has 0 spiro atoms. The lowest BCUT2D eigenvalue weighted by Gasteiger charge is -2.22. The minimum atomic E-state index is -0.0680. The fourth-order valence-electron chi connectivity index (χ4n) is 3.70. The van der Waals surface area contributed by atoms with Crippen molar-refractivity contribution in [2.75, 3.05) is 39.1 Å². The standard InChI is InChI=1S/C23H26N2O4S/c1-24(15-17-8-9-19-20(14-17)29-13-12-28-19)23(27)18-6-2-3-7-21(18)30-16-22(26)25-10-4-5-11-25/h2-3,6-9,14H,4-5,10-13,15-16H2,1H3. The van der Waals surface area contributed by atoms with Gasteiger partial charge in [-0.05, 0) is 42.7 Å². The molecule has 0 bridgehead atoms. The molecule has 2 aliphatic heterocycles. The molecule has 2 aromatic rings. The molecule has 7 heteroatoms. The number of hydrogen-bond donors (Lipinski definition) is 0. The Labute approximate surface area is 181 Å². The van der Waals surface area contributed by atoms with Gasteiger partial charge < -0.3 is 19.3 Å². The molecule has 0 radical (unpaired) electrons. The second-order valence-corrected chi connectivity index (χ2v) is 8.53. The Morgan fingerprint density at radius 2 is 1.77 bits per heavy atom. The first-order valence-corrected chi connectivity index (χ1v) is 11.2. The van der Waals surface area contributed by atoms with Crippen molar-refractivity contribution in [3.8, 4) is 11.5 Å². The van der Waals surface area contributed by atoms with E-state index in [0.29, 0.717) is 31.1 Å². The van der Waals surface area contributed by atoms with Crippen molar-refractivity contribution in [2.24, 2.45) is 0 Å². The Hall–Kier alpha value is -2.67. The van der Waals surface area contributed by atoms with E-state index in [2.05, 4.69) is 0 Å². The smallest absolute Gasteiger partial charge is 0.255 e. The first-order chi connectivity index (χ1) is 14.6. The number of carbonyl (C=O) groups is 2. The van der Waals surface area contributed by atoms with Gasteiger partial charge in [0.15, 0.2) is 11.5 Å². The summed E-state index contributed by atoms with van der Waals surface area (Å²) in [5, 5.41) is 0. The Kier molecular flexibility index (Phi) is 6.47. The van der Waals surface area contributed by atoms with E-state index < -0.39 is 0 Å². The maximum absolute atomic E-state index is 13.1. The molecule has 0 saturated carbocycles. The third-order valence-electron chi connectivity index (χ3n) is 5.30. The summed E-state index contributed by atoms with van der Waals surface area (Å²) in [6.07, 6.45) is 2.16. The van der Waals surface area contributed by atoms with Gasteiger partial charge in [-0.15, -0.1) is 11.8 Å². The number of nitrogens with zero attached hydrogens (tertiary/aromatic N) is 2. The molecule has 158 valence electrons. The van der Waals surface area contributed by atoms with Crippen molar-refractivity contribution in [1.29, 1.82) is 0 Å². The third kappa shape index (κ3) is 4.73. The minimum absolute atomic E-state index is 0.0680. The lowest BCUT2D eigenvalue weighted by Crippen LogP contribution is -2.29. The SMILES string of the molecule is CN(Cc1ccc2c(c1)OCCO2)C(=O)c1ccccc1SCC(=O)N1CCCC1. The summed E-state index contributed by atoms with van der Waals surface area (Å²) in [4.78, 5) is 29.9. The number of rotatable bonds is 6. The van der Waals surface area contributed by atoms with E-state index in [4.69, 9.17) is 9.47 Å². The number of likely N-dealkylation sites (tertiary alicyclic amines) is 1. The molecule has 30 heavy (non-hydrogen) atoms. The van der Waals surface area contributed by atoms with Crippen LogP contribution in [0.5, 0.6) is 11.5 Å². The summed E-state index contributed by atoms with van der Waals surface area (Å²) in [6, 6.07) is 13.3. The molecule has 0 aliphatic carbocycles. The van der Waals surface area contributed by atoms with Gasteiger partial charge in [-0.3, -0.25) is 9.59 Å². The normalized spacial score (nSPS) is 15.2. The zero-order valence-corrected chi connectivity index (χ0v) is 18.0. The number of amides is 2. The van der Waals surface area contributed by atoms with Crippen molar-refractivity contribution >= 4 is 23.6 Å². The van der Waals surface area contributed by atoms with Crippen molar-refractivity contribution in [3.63, 3.8) is 0 Å². The van der Waals surface area contributed by atoms with Crippen LogP contribution in [0.1, 0.15) is 28.8 Å². The highest BCUT2D eigenvalue weighted by atomic mass is 32.2. The topological polar surface area (TPSA) is 59.1 Å². The highest BCUT2D eigenvalue weighted by Gasteiger charge is 2.21. The van der Waals surface area contributed by atoms with Gasteiger partial charge in [0.05, 0.1) is 11.3 Å². The van der Waals surface area contributed by atoms with Gasteiger partial charge in [0.2, 0.25) is 5.91 Å². The molecule has 6 nitrogen and oxygen atoms in total. The molecule has 0 aromatic heterocycles. The van der Waals surface area contributed by atoms with E-state index >= 15 is 0 Å². The lowest BCUT2D eigenvalue weighted by atomic mass is 10.1. The van der Waals surface area contributed by atoms with E-state index in [-0.39, 0.29) is 11.8 Å². The van der Waals surface area contributed by atoms with Gasteiger partial charge in [-0.1, -0.05) is 18.2 Å². The minimum Gasteiger partial charge on any atom is -0.486 e. The lowest BCUT2D eigenvalue weighted by molar-refractivity contribution is -0.127. The summed E-state index contributed by atoms with van der Waals surface area (Å²) in [6.45, 7) is 3.24. The fraction of sp³-hybridized carbons (Fsp3) is 0.391. The summed E-state index contributed by atoms with van der Waals surface area (Å²) >= 11 is 1.44. The second kappa shape index (κ2) is 9.43. The molecule has 2 amide bonds. The van der Waals surface area contributed by atoms with Crippen molar-refractivity contribution < 1.29 is 19.1 Å². The van der Waals surface area contributed by atoms with E-state index in [0.717, 1.165) is 47.9 Å². The first kappa shape index (κ1) is 20.6. The molecular weight excluding hydrogens is 400 g/mol. The first-order valence-electron chi connectivity index (χ1n) is 10.3.